The van der Waals surface area contributed by atoms with Crippen molar-refractivity contribution in [3.63, 3.8) is 0 Å². The van der Waals surface area contributed by atoms with E-state index in [1.807, 2.05) is 0 Å². The van der Waals surface area contributed by atoms with E-state index in [2.05, 4.69) is 5.32 Å². The summed E-state index contributed by atoms with van der Waals surface area (Å²) in [5.41, 5.74) is -0.194. The second-order valence-electron chi connectivity index (χ2n) is 6.34. The topological polar surface area (TPSA) is 139 Å². The lowest BCUT2D eigenvalue weighted by Gasteiger charge is -2.42. The number of halogens is 1. The highest BCUT2D eigenvalue weighted by molar-refractivity contribution is 7.85. The van der Waals surface area contributed by atoms with Crippen LogP contribution in [0.15, 0.2) is 18.2 Å². The number of nitro benzene ring substituents is 1. The van der Waals surface area contributed by atoms with E-state index in [0.29, 0.717) is 30.0 Å². The van der Waals surface area contributed by atoms with Gasteiger partial charge in [-0.2, -0.15) is 8.42 Å². The van der Waals surface area contributed by atoms with E-state index >= 15 is 0 Å². The van der Waals surface area contributed by atoms with Gasteiger partial charge in [-0.1, -0.05) is 0 Å². The molecule has 0 aromatic heterocycles. The van der Waals surface area contributed by atoms with Crippen LogP contribution in [0.4, 0.5) is 5.69 Å². The molecule has 148 valence electrons. The maximum absolute atomic E-state index is 10.9. The zero-order chi connectivity index (χ0) is 20.1. The normalized spacial score (nSPS) is 21.0. The molecule has 0 saturated heterocycles. The van der Waals surface area contributed by atoms with Crippen LogP contribution in [0.5, 0.6) is 5.75 Å². The van der Waals surface area contributed by atoms with Gasteiger partial charge < -0.3 is 15.2 Å². The number of benzene rings is 1. The minimum Gasteiger partial charge on any atom is -0.485 e. The van der Waals surface area contributed by atoms with E-state index in [9.17, 15) is 23.6 Å². The number of non-ortho nitro benzene ring substituents is 1. The second kappa shape index (κ2) is 8.96. The molecule has 11 heteroatoms. The molecule has 26 heavy (non-hydrogen) atoms. The molecule has 1 aromatic rings. The van der Waals surface area contributed by atoms with Gasteiger partial charge >= 0.3 is 0 Å². The Hall–Kier alpha value is -1.46. The Kier molecular flexibility index (Phi) is 7.78. The SMILES string of the molecule is CC1(C)Oc2ccc([N+](=O)[O-])cc2[C@@H](NCCCCl)[C@@H]1O.CS(=O)(=O)O. The lowest BCUT2D eigenvalue weighted by Crippen LogP contribution is -2.52. The van der Waals surface area contributed by atoms with E-state index < -0.39 is 32.8 Å². The summed E-state index contributed by atoms with van der Waals surface area (Å²) >= 11 is 5.66. The fourth-order valence-corrected chi connectivity index (χ4v) is 2.58. The Balaban J connectivity index is 0.000000597. The van der Waals surface area contributed by atoms with Crippen molar-refractivity contribution in [2.45, 2.75) is 38.0 Å². The predicted octanol–water partition coefficient (Wildman–Crippen LogP) is 1.89. The van der Waals surface area contributed by atoms with Crippen LogP contribution < -0.4 is 10.1 Å². The summed E-state index contributed by atoms with van der Waals surface area (Å²) in [6.45, 7) is 4.19. The average Bonchev–Trinajstić information content (AvgIpc) is 2.48. The Bertz CT molecular complexity index is 732. The third kappa shape index (κ3) is 6.69. The van der Waals surface area contributed by atoms with Crippen molar-refractivity contribution in [1.29, 1.82) is 0 Å². The quantitative estimate of drug-likeness (QED) is 0.220. The highest BCUT2D eigenvalue weighted by Crippen LogP contribution is 2.41. The first-order valence-electron chi connectivity index (χ1n) is 7.74. The molecule has 0 saturated carbocycles. The van der Waals surface area contributed by atoms with E-state index in [-0.39, 0.29) is 5.69 Å². The van der Waals surface area contributed by atoms with Gasteiger partial charge in [0, 0.05) is 23.6 Å². The Morgan fingerprint density at radius 1 is 1.42 bits per heavy atom. The first-order valence-corrected chi connectivity index (χ1v) is 10.1. The van der Waals surface area contributed by atoms with E-state index in [1.165, 1.54) is 12.1 Å². The number of nitrogens with zero attached hydrogens (tertiary/aromatic N) is 1. The Labute approximate surface area is 157 Å². The first kappa shape index (κ1) is 22.6. The first-order chi connectivity index (χ1) is 11.9. The summed E-state index contributed by atoms with van der Waals surface area (Å²) in [6, 6.07) is 4.01. The smallest absolute Gasteiger partial charge is 0.270 e. The van der Waals surface area contributed by atoms with Crippen molar-refractivity contribution in [2.24, 2.45) is 0 Å². The number of ether oxygens (including phenoxy) is 1. The number of alkyl halides is 1. The lowest BCUT2D eigenvalue weighted by atomic mass is 9.86. The molecule has 0 aliphatic carbocycles. The van der Waals surface area contributed by atoms with Crippen LogP contribution in [0.2, 0.25) is 0 Å². The molecule has 2 atom stereocenters. The number of aliphatic hydroxyl groups excluding tert-OH is 1. The number of aliphatic hydroxyl groups is 1. The van der Waals surface area contributed by atoms with Crippen LogP contribution in [0.3, 0.4) is 0 Å². The summed E-state index contributed by atoms with van der Waals surface area (Å²) in [5.74, 6) is 1.07. The van der Waals surface area contributed by atoms with E-state index in [4.69, 9.17) is 20.9 Å². The average molecular weight is 411 g/mol. The lowest BCUT2D eigenvalue weighted by molar-refractivity contribution is -0.385. The summed E-state index contributed by atoms with van der Waals surface area (Å²) in [5, 5.41) is 24.6. The van der Waals surface area contributed by atoms with E-state index in [1.54, 1.807) is 19.9 Å². The molecule has 1 aliphatic heterocycles. The molecule has 0 amide bonds. The van der Waals surface area contributed by atoms with Crippen LogP contribution >= 0.6 is 11.6 Å². The zero-order valence-electron chi connectivity index (χ0n) is 14.7. The number of hydrogen-bond acceptors (Lipinski definition) is 7. The number of fused-ring (bicyclic) bond motifs is 1. The fourth-order valence-electron chi connectivity index (χ4n) is 2.45. The van der Waals surface area contributed by atoms with E-state index in [0.717, 1.165) is 6.42 Å². The van der Waals surface area contributed by atoms with Gasteiger partial charge in [-0.15, -0.1) is 11.6 Å². The maximum atomic E-state index is 10.9. The largest absolute Gasteiger partial charge is 0.485 e. The van der Waals surface area contributed by atoms with Gasteiger partial charge in [0.15, 0.2) is 0 Å². The van der Waals surface area contributed by atoms with Gasteiger partial charge in [-0.25, -0.2) is 0 Å². The van der Waals surface area contributed by atoms with Gasteiger partial charge in [0.05, 0.1) is 17.2 Å². The van der Waals surface area contributed by atoms with Crippen molar-refractivity contribution < 1.29 is 27.7 Å². The number of rotatable bonds is 5. The van der Waals surface area contributed by atoms with Gasteiger partial charge in [0.1, 0.15) is 17.5 Å². The molecule has 9 nitrogen and oxygen atoms in total. The molecule has 0 unspecified atom stereocenters. The molecule has 0 spiro atoms. The highest BCUT2D eigenvalue weighted by atomic mass is 35.5. The minimum absolute atomic E-state index is 0.0200. The van der Waals surface area contributed by atoms with Crippen molar-refractivity contribution in [1.82, 2.24) is 5.32 Å². The third-order valence-corrected chi connectivity index (χ3v) is 3.88. The van der Waals surface area contributed by atoms with Gasteiger partial charge in [0.25, 0.3) is 15.8 Å². The molecule has 2 rings (SSSR count). The Morgan fingerprint density at radius 3 is 2.50 bits per heavy atom. The standard InChI is InChI=1S/C14H19ClN2O4.CH4O3S/c1-14(2)13(18)12(16-7-3-6-15)10-8-9(17(19)20)4-5-11(10)21-14;1-5(2,3)4/h4-5,8,12-13,16,18H,3,6-7H2,1-2H3;1H3,(H,2,3,4)/t12-,13+;/m1./s1. The van der Waals surface area contributed by atoms with Crippen LogP contribution in [-0.4, -0.2) is 53.4 Å². The molecule has 1 aromatic carbocycles. The number of hydrogen-bond donors (Lipinski definition) is 3. The van der Waals surface area contributed by atoms with Gasteiger partial charge in [0.2, 0.25) is 0 Å². The number of nitrogens with one attached hydrogen (secondary N) is 1. The van der Waals surface area contributed by atoms with Gasteiger partial charge in [-0.3, -0.25) is 14.7 Å². The molecule has 1 aliphatic rings. The molecule has 1 heterocycles. The van der Waals surface area contributed by atoms with Crippen LogP contribution in [0.1, 0.15) is 31.9 Å². The summed E-state index contributed by atoms with van der Waals surface area (Å²) in [7, 11) is -3.67. The van der Waals surface area contributed by atoms with Crippen LogP contribution in [0.25, 0.3) is 0 Å². The molecule has 0 radical (unpaired) electrons. The molecule has 0 bridgehead atoms. The Morgan fingerprint density at radius 2 is 2.00 bits per heavy atom. The van der Waals surface area contributed by atoms with Crippen LogP contribution in [-0.2, 0) is 10.1 Å². The van der Waals surface area contributed by atoms with Crippen molar-refractivity contribution in [3.05, 3.63) is 33.9 Å². The minimum atomic E-state index is -3.67. The monoisotopic (exact) mass is 410 g/mol. The van der Waals surface area contributed by atoms with Crippen LogP contribution in [0, 0.1) is 10.1 Å². The summed E-state index contributed by atoms with van der Waals surface area (Å²) in [6.07, 6.45) is 0.644. The third-order valence-electron chi connectivity index (χ3n) is 3.61. The molecular weight excluding hydrogens is 388 g/mol. The molecule has 3 N–H and O–H groups in total. The van der Waals surface area contributed by atoms with Gasteiger partial charge in [-0.05, 0) is 32.9 Å². The molecular formula is C15H23ClN2O7S. The maximum Gasteiger partial charge on any atom is 0.270 e. The zero-order valence-corrected chi connectivity index (χ0v) is 16.2. The number of nitro groups is 1. The summed E-state index contributed by atoms with van der Waals surface area (Å²) in [4.78, 5) is 10.5. The second-order valence-corrected chi connectivity index (χ2v) is 8.18. The van der Waals surface area contributed by atoms with Crippen molar-refractivity contribution in [3.8, 4) is 5.75 Å². The van der Waals surface area contributed by atoms with Crippen molar-refractivity contribution >= 4 is 27.4 Å². The summed E-state index contributed by atoms with van der Waals surface area (Å²) < 4.78 is 31.6. The highest BCUT2D eigenvalue weighted by Gasteiger charge is 2.43. The predicted molar refractivity (Wildman–Crippen MR) is 97.4 cm³/mol. The molecule has 0 fully saturated rings. The van der Waals surface area contributed by atoms with Crippen molar-refractivity contribution in [2.75, 3.05) is 18.7 Å². The fraction of sp³-hybridized carbons (Fsp3) is 0.600.